The molecule has 2 aromatic heterocycles. The van der Waals surface area contributed by atoms with Gasteiger partial charge < -0.3 is 10.4 Å². The molecule has 0 spiro atoms. The Morgan fingerprint density at radius 1 is 1.07 bits per heavy atom. The van der Waals surface area contributed by atoms with Crippen LogP contribution in [-0.2, 0) is 12.4 Å². The van der Waals surface area contributed by atoms with Gasteiger partial charge in [0.15, 0.2) is 11.2 Å². The van der Waals surface area contributed by atoms with Gasteiger partial charge in [0.2, 0.25) is 5.82 Å². The molecule has 0 bridgehead atoms. The third-order valence-electron chi connectivity index (χ3n) is 3.85. The average Bonchev–Trinajstić information content (AvgIpc) is 3.13. The maximum Gasteiger partial charge on any atom is 0.450 e. The number of benzene rings is 1. The highest BCUT2D eigenvalue weighted by Gasteiger charge is 2.40. The molecular weight excluding hydrogens is 434 g/mol. The molecule has 0 radical (unpaired) electrons. The van der Waals surface area contributed by atoms with Crippen molar-refractivity contribution in [2.24, 2.45) is 0 Å². The van der Waals surface area contributed by atoms with Gasteiger partial charge in [-0.1, -0.05) is 23.4 Å². The van der Waals surface area contributed by atoms with E-state index >= 15 is 0 Å². The highest BCUT2D eigenvalue weighted by molar-refractivity contribution is 8.00. The number of hydrogen-bond donors (Lipinski definition) is 2. The molecule has 3 aromatic rings. The Bertz CT molecular complexity index is 1100. The van der Waals surface area contributed by atoms with Crippen LogP contribution < -0.4 is 5.32 Å². The number of nitrogens with one attached hydrogen (secondary N) is 1. The molecule has 5 nitrogen and oxygen atoms in total. The Hall–Kier alpha value is -2.18. The molecule has 0 amide bonds. The molecule has 1 aliphatic heterocycles. The second kappa shape index (κ2) is 6.16. The Balaban J connectivity index is 2.02. The van der Waals surface area contributed by atoms with Gasteiger partial charge in [0.05, 0.1) is 16.4 Å². The van der Waals surface area contributed by atoms with Gasteiger partial charge in [-0.2, -0.15) is 26.3 Å². The lowest BCUT2D eigenvalue weighted by Crippen LogP contribution is -2.15. The minimum absolute atomic E-state index is 0.0153. The van der Waals surface area contributed by atoms with Gasteiger partial charge in [-0.15, -0.1) is 0 Å². The molecular formula is C15H7ClF6N4OS. The number of nitrogens with zero attached hydrogens (tertiary/aromatic N) is 3. The topological polar surface area (TPSA) is 63.0 Å². The van der Waals surface area contributed by atoms with E-state index in [1.165, 1.54) is 6.07 Å². The molecule has 0 aliphatic carbocycles. The van der Waals surface area contributed by atoms with Crippen molar-refractivity contribution in [2.45, 2.75) is 22.8 Å². The lowest BCUT2D eigenvalue weighted by Gasteiger charge is -2.13. The molecule has 1 unspecified atom stereocenters. The van der Waals surface area contributed by atoms with Crippen LogP contribution in [-0.4, -0.2) is 25.2 Å². The number of anilines is 1. The van der Waals surface area contributed by atoms with Crippen LogP contribution in [0.4, 0.5) is 32.0 Å². The number of aliphatic hydroxyl groups is 1. The van der Waals surface area contributed by atoms with Crippen LogP contribution in [0.1, 0.15) is 11.5 Å². The third-order valence-corrected chi connectivity index (χ3v) is 5.07. The van der Waals surface area contributed by atoms with Crippen LogP contribution in [0, 0.1) is 0 Å². The van der Waals surface area contributed by atoms with Crippen molar-refractivity contribution < 1.29 is 31.4 Å². The number of rotatable bonds is 1. The van der Waals surface area contributed by atoms with Crippen LogP contribution >= 0.6 is 23.4 Å². The van der Waals surface area contributed by atoms with E-state index in [0.29, 0.717) is 21.2 Å². The van der Waals surface area contributed by atoms with Gasteiger partial charge in [-0.05, 0) is 24.3 Å². The number of thioether (sulfide) groups is 1. The molecule has 2 N–H and O–H groups in total. The van der Waals surface area contributed by atoms with Crippen molar-refractivity contribution in [1.29, 1.82) is 0 Å². The van der Waals surface area contributed by atoms with Crippen LogP contribution in [0.15, 0.2) is 29.2 Å². The summed E-state index contributed by atoms with van der Waals surface area (Å²) in [4.78, 5) is 7.10. The lowest BCUT2D eigenvalue weighted by atomic mass is 10.2. The molecule has 4 rings (SSSR count). The molecule has 1 aliphatic rings. The minimum Gasteiger partial charge on any atom is -0.364 e. The van der Waals surface area contributed by atoms with Gasteiger partial charge in [0, 0.05) is 4.90 Å². The number of hydrogen-bond acceptors (Lipinski definition) is 5. The zero-order valence-corrected chi connectivity index (χ0v) is 14.8. The van der Waals surface area contributed by atoms with Crippen LogP contribution in [0.3, 0.4) is 0 Å². The first-order valence-electron chi connectivity index (χ1n) is 7.44. The molecule has 3 heterocycles. The quantitative estimate of drug-likeness (QED) is 0.527. The Morgan fingerprint density at radius 3 is 2.43 bits per heavy atom. The Labute approximate surface area is 161 Å². The normalized spacial score (nSPS) is 17.1. The van der Waals surface area contributed by atoms with E-state index in [2.05, 4.69) is 15.3 Å². The van der Waals surface area contributed by atoms with E-state index < -0.39 is 35.1 Å². The maximum atomic E-state index is 13.5. The van der Waals surface area contributed by atoms with Crippen molar-refractivity contribution >= 4 is 40.2 Å². The number of aliphatic hydroxyl groups excluding tert-OH is 1. The fourth-order valence-electron chi connectivity index (χ4n) is 2.75. The number of pyridine rings is 1. The summed E-state index contributed by atoms with van der Waals surface area (Å²) in [6.07, 6.45) is -9.81. The number of imidazole rings is 1. The van der Waals surface area contributed by atoms with E-state index in [1.54, 1.807) is 0 Å². The summed E-state index contributed by atoms with van der Waals surface area (Å²) < 4.78 is 80.0. The highest BCUT2D eigenvalue weighted by Crippen LogP contribution is 2.44. The van der Waals surface area contributed by atoms with Crippen LogP contribution in [0.2, 0.25) is 5.02 Å². The molecule has 0 saturated carbocycles. The highest BCUT2D eigenvalue weighted by atomic mass is 35.5. The third kappa shape index (κ3) is 3.14. The van der Waals surface area contributed by atoms with Crippen molar-refractivity contribution in [3.63, 3.8) is 0 Å². The average molecular weight is 441 g/mol. The molecule has 28 heavy (non-hydrogen) atoms. The summed E-state index contributed by atoms with van der Waals surface area (Å²) in [5.74, 6) is -1.44. The summed E-state index contributed by atoms with van der Waals surface area (Å²) in [6, 6.07) is 3.77. The first kappa shape index (κ1) is 19.2. The zero-order valence-electron chi connectivity index (χ0n) is 13.2. The van der Waals surface area contributed by atoms with E-state index in [1.807, 2.05) is 0 Å². The van der Waals surface area contributed by atoms with Crippen LogP contribution in [0.25, 0.3) is 16.9 Å². The Morgan fingerprint density at radius 2 is 1.79 bits per heavy atom. The molecule has 148 valence electrons. The van der Waals surface area contributed by atoms with Gasteiger partial charge >= 0.3 is 12.4 Å². The monoisotopic (exact) mass is 440 g/mol. The number of aromatic nitrogens is 3. The summed E-state index contributed by atoms with van der Waals surface area (Å²) in [7, 11) is 0. The van der Waals surface area contributed by atoms with Gasteiger partial charge in [-0.25, -0.2) is 9.97 Å². The lowest BCUT2D eigenvalue weighted by molar-refractivity contribution is -0.145. The van der Waals surface area contributed by atoms with Crippen molar-refractivity contribution in [3.8, 4) is 5.69 Å². The van der Waals surface area contributed by atoms with Crippen LogP contribution in [0.5, 0.6) is 0 Å². The summed E-state index contributed by atoms with van der Waals surface area (Å²) in [5.41, 5.74) is -3.26. The zero-order chi connectivity index (χ0) is 20.4. The first-order chi connectivity index (χ1) is 12.9. The minimum atomic E-state index is -4.96. The second-order valence-electron chi connectivity index (χ2n) is 5.72. The molecule has 1 aromatic carbocycles. The first-order valence-corrected chi connectivity index (χ1v) is 8.70. The predicted octanol–water partition coefficient (Wildman–Crippen LogP) is 4.91. The molecule has 13 heteroatoms. The van der Waals surface area contributed by atoms with Crippen molar-refractivity contribution in [2.75, 3.05) is 5.32 Å². The predicted molar refractivity (Wildman–Crippen MR) is 89.4 cm³/mol. The van der Waals surface area contributed by atoms with Gasteiger partial charge in [0.25, 0.3) is 0 Å². The Kier molecular flexibility index (Phi) is 4.21. The van der Waals surface area contributed by atoms with E-state index in [4.69, 9.17) is 11.6 Å². The maximum absolute atomic E-state index is 13.5. The standard InChI is InChI=1S/C15H7ClF6N4OS/c16-6-3-5(4-8-10(6)25-13(27)28-8)26-11-7(23-12(26)15(20,21)22)1-2-9(24-11)14(17,18)19/h1-4,13,25,27H. The van der Waals surface area contributed by atoms with Gasteiger partial charge in [0.1, 0.15) is 11.2 Å². The van der Waals surface area contributed by atoms with E-state index in [9.17, 15) is 31.4 Å². The number of alkyl halides is 6. The fourth-order valence-corrected chi connectivity index (χ4v) is 3.97. The SMILES string of the molecule is OC1Nc2c(Cl)cc(-n3c(C(F)(F)F)nc4ccc(C(F)(F)F)nc43)cc2S1. The van der Waals surface area contributed by atoms with Crippen molar-refractivity contribution in [3.05, 3.63) is 40.8 Å². The summed E-state index contributed by atoms with van der Waals surface area (Å²) >= 11 is 6.96. The molecule has 0 saturated heterocycles. The molecule has 1 atom stereocenters. The van der Waals surface area contributed by atoms with E-state index in [-0.39, 0.29) is 16.2 Å². The largest absolute Gasteiger partial charge is 0.450 e. The summed E-state index contributed by atoms with van der Waals surface area (Å²) in [5, 5.41) is 12.2. The summed E-state index contributed by atoms with van der Waals surface area (Å²) in [6.45, 7) is 0. The van der Waals surface area contributed by atoms with Gasteiger partial charge in [-0.3, -0.25) is 4.57 Å². The van der Waals surface area contributed by atoms with E-state index in [0.717, 1.165) is 23.9 Å². The smallest absolute Gasteiger partial charge is 0.364 e. The van der Waals surface area contributed by atoms with Crippen molar-refractivity contribution in [1.82, 2.24) is 14.5 Å². The second-order valence-corrected chi connectivity index (χ2v) is 7.25. The number of fused-ring (bicyclic) bond motifs is 2. The molecule has 0 fully saturated rings. The number of halogens is 7. The fraction of sp³-hybridized carbons (Fsp3) is 0.200.